The second-order valence-corrected chi connectivity index (χ2v) is 7.03. The van der Waals surface area contributed by atoms with E-state index in [1.807, 2.05) is 17.8 Å². The van der Waals surface area contributed by atoms with Gasteiger partial charge in [-0.1, -0.05) is 33.8 Å². The number of hydrogen-bond donors (Lipinski definition) is 1. The number of nitrogens with zero attached hydrogens (tertiary/aromatic N) is 2. The number of rotatable bonds is 7. The molecule has 0 fully saturated rings. The molecule has 0 unspecified atom stereocenters. The smallest absolute Gasteiger partial charge is 0.138 e. The van der Waals surface area contributed by atoms with Crippen molar-refractivity contribution in [2.75, 3.05) is 12.3 Å². The van der Waals surface area contributed by atoms with Gasteiger partial charge in [0.2, 0.25) is 0 Å². The largest absolute Gasteiger partial charge is 0.311 e. The van der Waals surface area contributed by atoms with E-state index in [2.05, 4.69) is 55.7 Å². The van der Waals surface area contributed by atoms with Gasteiger partial charge in [0.05, 0.1) is 5.69 Å². The molecule has 0 aliphatic carbocycles. The van der Waals surface area contributed by atoms with E-state index in [4.69, 9.17) is 4.98 Å². The molecule has 0 saturated carbocycles. The van der Waals surface area contributed by atoms with E-state index in [0.717, 1.165) is 24.5 Å². The highest BCUT2D eigenvalue weighted by molar-refractivity contribution is 7.99. The minimum atomic E-state index is 0.668. The minimum absolute atomic E-state index is 0.668. The topological polar surface area (TPSA) is 29.3 Å². The van der Waals surface area contributed by atoms with Gasteiger partial charge in [-0.25, -0.2) is 4.98 Å². The van der Waals surface area contributed by atoms with Crippen molar-refractivity contribution in [3.63, 3.8) is 0 Å². The predicted molar refractivity (Wildman–Crippen MR) is 87.3 cm³/mol. The summed E-state index contributed by atoms with van der Waals surface area (Å²) in [6.45, 7) is 10.9. The van der Waals surface area contributed by atoms with Crippen LogP contribution in [-0.2, 0) is 6.54 Å². The highest BCUT2D eigenvalue weighted by Crippen LogP contribution is 2.25. The molecular weight excluding hydrogens is 266 g/mol. The molecule has 4 heteroatoms. The fourth-order valence-corrected chi connectivity index (χ4v) is 3.01. The first-order valence-corrected chi connectivity index (χ1v) is 8.36. The lowest BCUT2D eigenvalue weighted by molar-refractivity contribution is 0.544. The minimum Gasteiger partial charge on any atom is -0.311 e. The van der Waals surface area contributed by atoms with Gasteiger partial charge in [-0.15, -0.1) is 11.8 Å². The highest BCUT2D eigenvalue weighted by Gasteiger charge is 2.12. The zero-order valence-electron chi connectivity index (χ0n) is 12.9. The average molecular weight is 291 g/mol. The van der Waals surface area contributed by atoms with E-state index in [-0.39, 0.29) is 0 Å². The third kappa shape index (κ3) is 4.00. The van der Waals surface area contributed by atoms with Crippen LogP contribution in [0.4, 0.5) is 0 Å². The summed E-state index contributed by atoms with van der Waals surface area (Å²) in [6.07, 6.45) is 2.11. The van der Waals surface area contributed by atoms with E-state index in [1.54, 1.807) is 0 Å². The molecule has 2 rings (SSSR count). The van der Waals surface area contributed by atoms with Crippen molar-refractivity contribution in [1.29, 1.82) is 0 Å². The monoisotopic (exact) mass is 291 g/mol. The lowest BCUT2D eigenvalue weighted by Gasteiger charge is -2.09. The molecule has 0 saturated heterocycles. The fourth-order valence-electron chi connectivity index (χ4n) is 2.03. The maximum absolute atomic E-state index is 4.77. The Hall–Kier alpha value is -1.00. The summed E-state index contributed by atoms with van der Waals surface area (Å²) in [6, 6.07) is 6.19. The number of nitrogens with one attached hydrogen (secondary N) is 1. The van der Waals surface area contributed by atoms with E-state index < -0.39 is 0 Å². The Bertz CT molecular complexity index is 546. The lowest BCUT2D eigenvalue weighted by Crippen LogP contribution is -2.20. The Morgan fingerprint density at radius 2 is 2.00 bits per heavy atom. The van der Waals surface area contributed by atoms with Gasteiger partial charge in [-0.05, 0) is 30.5 Å². The summed E-state index contributed by atoms with van der Waals surface area (Å²) in [4.78, 5) is 4.77. The summed E-state index contributed by atoms with van der Waals surface area (Å²) in [5.74, 6) is 2.46. The lowest BCUT2D eigenvalue weighted by atomic mass is 10.2. The Kier molecular flexibility index (Phi) is 5.49. The van der Waals surface area contributed by atoms with Gasteiger partial charge in [0.25, 0.3) is 0 Å². The van der Waals surface area contributed by atoms with Crippen molar-refractivity contribution < 1.29 is 0 Å². The standard InChI is InChI=1S/C16H25N3S/c1-12(2)9-17-10-14-16(20-11-13(3)4)18-15-7-5-6-8-19(14)15/h5-8,12-13,17H,9-11H2,1-4H3. The van der Waals surface area contributed by atoms with Crippen LogP contribution in [0.5, 0.6) is 0 Å². The van der Waals surface area contributed by atoms with Gasteiger partial charge in [-0.2, -0.15) is 0 Å². The van der Waals surface area contributed by atoms with Crippen LogP contribution in [0.2, 0.25) is 0 Å². The third-order valence-corrected chi connectivity index (χ3v) is 4.42. The fraction of sp³-hybridized carbons (Fsp3) is 0.562. The van der Waals surface area contributed by atoms with Crippen LogP contribution in [0, 0.1) is 11.8 Å². The van der Waals surface area contributed by atoms with Gasteiger partial charge >= 0.3 is 0 Å². The van der Waals surface area contributed by atoms with Gasteiger partial charge in [0, 0.05) is 18.5 Å². The van der Waals surface area contributed by atoms with Crippen LogP contribution in [-0.4, -0.2) is 21.7 Å². The highest BCUT2D eigenvalue weighted by atomic mass is 32.2. The van der Waals surface area contributed by atoms with Gasteiger partial charge in [0.1, 0.15) is 10.7 Å². The van der Waals surface area contributed by atoms with Crippen LogP contribution in [0.3, 0.4) is 0 Å². The van der Waals surface area contributed by atoms with Crippen LogP contribution in [0.15, 0.2) is 29.4 Å². The van der Waals surface area contributed by atoms with Crippen molar-refractivity contribution >= 4 is 17.4 Å². The maximum Gasteiger partial charge on any atom is 0.138 e. The van der Waals surface area contributed by atoms with Crippen LogP contribution in [0.25, 0.3) is 5.65 Å². The van der Waals surface area contributed by atoms with E-state index in [0.29, 0.717) is 11.8 Å². The maximum atomic E-state index is 4.77. The molecular formula is C16H25N3S. The summed E-state index contributed by atoms with van der Waals surface area (Å²) >= 11 is 1.87. The van der Waals surface area contributed by atoms with Gasteiger partial charge in [-0.3, -0.25) is 0 Å². The van der Waals surface area contributed by atoms with Crippen molar-refractivity contribution in [1.82, 2.24) is 14.7 Å². The quantitative estimate of drug-likeness (QED) is 0.786. The zero-order valence-corrected chi connectivity index (χ0v) is 13.7. The van der Waals surface area contributed by atoms with Crippen LogP contribution < -0.4 is 5.32 Å². The SMILES string of the molecule is CC(C)CNCc1c(SCC(C)C)nc2ccccn12. The molecule has 0 aromatic carbocycles. The summed E-state index contributed by atoms with van der Waals surface area (Å²) in [5, 5.41) is 4.70. The predicted octanol–water partition coefficient (Wildman–Crippen LogP) is 3.83. The van der Waals surface area contributed by atoms with Crippen molar-refractivity contribution in [2.45, 2.75) is 39.3 Å². The Labute approximate surface area is 126 Å². The van der Waals surface area contributed by atoms with Gasteiger partial charge < -0.3 is 9.72 Å². The van der Waals surface area contributed by atoms with Crippen LogP contribution in [0.1, 0.15) is 33.4 Å². The normalized spacial score (nSPS) is 11.9. The number of aromatic nitrogens is 2. The molecule has 20 heavy (non-hydrogen) atoms. The van der Waals surface area contributed by atoms with Crippen molar-refractivity contribution in [2.24, 2.45) is 11.8 Å². The van der Waals surface area contributed by atoms with E-state index in [1.165, 1.54) is 10.7 Å². The Morgan fingerprint density at radius 1 is 1.20 bits per heavy atom. The molecule has 0 spiro atoms. The second kappa shape index (κ2) is 7.14. The number of imidazole rings is 1. The molecule has 0 amide bonds. The first-order chi connectivity index (χ1) is 9.58. The molecule has 0 radical (unpaired) electrons. The Morgan fingerprint density at radius 3 is 2.70 bits per heavy atom. The molecule has 110 valence electrons. The van der Waals surface area contributed by atoms with Gasteiger partial charge in [0.15, 0.2) is 0 Å². The molecule has 2 aromatic heterocycles. The zero-order chi connectivity index (χ0) is 14.5. The molecule has 0 aliphatic heterocycles. The number of thioether (sulfide) groups is 1. The average Bonchev–Trinajstić information content (AvgIpc) is 2.74. The van der Waals surface area contributed by atoms with E-state index >= 15 is 0 Å². The summed E-state index contributed by atoms with van der Waals surface area (Å²) < 4.78 is 2.20. The van der Waals surface area contributed by atoms with Crippen molar-refractivity contribution in [3.8, 4) is 0 Å². The number of pyridine rings is 1. The molecule has 1 N–H and O–H groups in total. The third-order valence-electron chi connectivity index (χ3n) is 2.99. The first kappa shape index (κ1) is 15.4. The first-order valence-electron chi connectivity index (χ1n) is 7.37. The molecule has 2 aromatic rings. The molecule has 3 nitrogen and oxygen atoms in total. The molecule has 0 aliphatic rings. The molecule has 0 bridgehead atoms. The summed E-state index contributed by atoms with van der Waals surface area (Å²) in [5.41, 5.74) is 2.33. The number of hydrogen-bond acceptors (Lipinski definition) is 3. The van der Waals surface area contributed by atoms with E-state index in [9.17, 15) is 0 Å². The number of fused-ring (bicyclic) bond motifs is 1. The van der Waals surface area contributed by atoms with Crippen LogP contribution >= 0.6 is 11.8 Å². The van der Waals surface area contributed by atoms with Crippen molar-refractivity contribution in [3.05, 3.63) is 30.1 Å². The summed E-state index contributed by atoms with van der Waals surface area (Å²) in [7, 11) is 0. The molecule has 0 atom stereocenters. The Balaban J connectivity index is 2.20. The molecule has 2 heterocycles. The second-order valence-electron chi connectivity index (χ2n) is 6.02.